The van der Waals surface area contributed by atoms with Crippen molar-refractivity contribution in [3.8, 4) is 0 Å². The third-order valence-electron chi connectivity index (χ3n) is 2.11. The summed E-state index contributed by atoms with van der Waals surface area (Å²) < 4.78 is 1.97. The molecule has 0 aromatic carbocycles. The molecule has 0 bridgehead atoms. The highest BCUT2D eigenvalue weighted by Gasteiger charge is 2.24. The van der Waals surface area contributed by atoms with Crippen LogP contribution in [0.2, 0.25) is 0 Å². The Bertz CT molecular complexity index is 257. The molecule has 2 N–H and O–H groups in total. The minimum Gasteiger partial charge on any atom is -0.336 e. The molecule has 3 nitrogen and oxygen atoms in total. The topological polar surface area (TPSA) is 43.8 Å². The minimum absolute atomic E-state index is 0.0463. The zero-order valence-electron chi connectivity index (χ0n) is 8.20. The smallest absolute Gasteiger partial charge is 0.0946 e. The number of aromatic nitrogens is 2. The van der Waals surface area contributed by atoms with Gasteiger partial charge in [0.25, 0.3) is 0 Å². The van der Waals surface area contributed by atoms with Gasteiger partial charge in [0, 0.05) is 13.2 Å². The fourth-order valence-electron chi connectivity index (χ4n) is 1.11. The molecule has 0 aliphatic carbocycles. The van der Waals surface area contributed by atoms with E-state index in [-0.39, 0.29) is 11.5 Å². The van der Waals surface area contributed by atoms with Crippen LogP contribution in [0.1, 0.15) is 32.5 Å². The van der Waals surface area contributed by atoms with Crippen molar-refractivity contribution in [3.05, 3.63) is 18.2 Å². The maximum Gasteiger partial charge on any atom is 0.0946 e. The normalized spacial score (nSPS) is 14.8. The Morgan fingerprint density at radius 1 is 1.50 bits per heavy atom. The van der Waals surface area contributed by atoms with Gasteiger partial charge in [-0.3, -0.25) is 0 Å². The van der Waals surface area contributed by atoms with Crippen molar-refractivity contribution in [2.75, 3.05) is 0 Å². The maximum absolute atomic E-state index is 6.06. The van der Waals surface area contributed by atoms with Crippen molar-refractivity contribution in [2.45, 2.75) is 26.8 Å². The van der Waals surface area contributed by atoms with Crippen molar-refractivity contribution in [1.29, 1.82) is 0 Å². The molecule has 0 aliphatic rings. The predicted octanol–water partition coefficient (Wildman–Crippen LogP) is 1.47. The summed E-state index contributed by atoms with van der Waals surface area (Å²) >= 11 is 0. The average Bonchev–Trinajstić information content (AvgIpc) is 2.31. The molecule has 12 heavy (non-hydrogen) atoms. The molecular weight excluding hydrogens is 150 g/mol. The number of hydrogen-bond donors (Lipinski definition) is 1. The maximum atomic E-state index is 6.06. The van der Waals surface area contributed by atoms with Crippen LogP contribution < -0.4 is 5.73 Å². The summed E-state index contributed by atoms with van der Waals surface area (Å²) in [5, 5.41) is 0. The van der Waals surface area contributed by atoms with E-state index in [9.17, 15) is 0 Å². The minimum atomic E-state index is 0.0463. The average molecular weight is 167 g/mol. The van der Waals surface area contributed by atoms with E-state index in [1.54, 1.807) is 6.33 Å². The van der Waals surface area contributed by atoms with Crippen molar-refractivity contribution in [3.63, 3.8) is 0 Å². The molecule has 68 valence electrons. The highest BCUT2D eigenvalue weighted by Crippen LogP contribution is 2.29. The molecule has 3 heteroatoms. The fourth-order valence-corrected chi connectivity index (χ4v) is 1.11. The number of nitrogens with zero attached hydrogens (tertiary/aromatic N) is 2. The molecule has 0 aliphatic heterocycles. The molecule has 0 saturated heterocycles. The van der Waals surface area contributed by atoms with E-state index >= 15 is 0 Å². The van der Waals surface area contributed by atoms with Crippen molar-refractivity contribution in [2.24, 2.45) is 18.2 Å². The second-order valence-corrected chi connectivity index (χ2v) is 4.27. The number of hydrogen-bond acceptors (Lipinski definition) is 2. The Morgan fingerprint density at radius 3 is 2.42 bits per heavy atom. The van der Waals surface area contributed by atoms with Crippen LogP contribution in [-0.2, 0) is 7.05 Å². The quantitative estimate of drug-likeness (QED) is 0.688. The predicted molar refractivity (Wildman–Crippen MR) is 49.6 cm³/mol. The van der Waals surface area contributed by atoms with Crippen LogP contribution >= 0.6 is 0 Å². The summed E-state index contributed by atoms with van der Waals surface area (Å²) in [6.07, 6.45) is 3.61. The first-order valence-corrected chi connectivity index (χ1v) is 4.14. The largest absolute Gasteiger partial charge is 0.336 e. The lowest BCUT2D eigenvalue weighted by molar-refractivity contribution is 0.316. The molecule has 0 amide bonds. The molecule has 1 unspecified atom stereocenters. The van der Waals surface area contributed by atoms with E-state index in [1.807, 2.05) is 17.8 Å². The van der Waals surface area contributed by atoms with Gasteiger partial charge in [-0.15, -0.1) is 0 Å². The van der Waals surface area contributed by atoms with Gasteiger partial charge in [-0.1, -0.05) is 20.8 Å². The summed E-state index contributed by atoms with van der Waals surface area (Å²) in [7, 11) is 1.97. The summed E-state index contributed by atoms with van der Waals surface area (Å²) in [6, 6.07) is 0.0463. The summed E-state index contributed by atoms with van der Waals surface area (Å²) in [6.45, 7) is 6.39. The fraction of sp³-hybridized carbons (Fsp3) is 0.667. The van der Waals surface area contributed by atoms with Crippen molar-refractivity contribution in [1.82, 2.24) is 9.55 Å². The lowest BCUT2D eigenvalue weighted by atomic mass is 9.86. The van der Waals surface area contributed by atoms with E-state index in [0.29, 0.717) is 0 Å². The van der Waals surface area contributed by atoms with E-state index in [2.05, 4.69) is 25.8 Å². The molecule has 1 aromatic rings. The highest BCUT2D eigenvalue weighted by atomic mass is 15.0. The van der Waals surface area contributed by atoms with Gasteiger partial charge in [0.1, 0.15) is 0 Å². The lowest BCUT2D eigenvalue weighted by Crippen LogP contribution is -2.27. The number of imidazole rings is 1. The molecule has 0 saturated carbocycles. The van der Waals surface area contributed by atoms with E-state index in [0.717, 1.165) is 5.69 Å². The molecule has 1 rings (SSSR count). The van der Waals surface area contributed by atoms with Crippen LogP contribution in [0.15, 0.2) is 12.5 Å². The second kappa shape index (κ2) is 2.90. The van der Waals surface area contributed by atoms with E-state index in [4.69, 9.17) is 5.73 Å². The van der Waals surface area contributed by atoms with Gasteiger partial charge in [0.15, 0.2) is 0 Å². The first-order chi connectivity index (χ1) is 5.43. The highest BCUT2D eigenvalue weighted by molar-refractivity contribution is 5.07. The lowest BCUT2D eigenvalue weighted by Gasteiger charge is -2.26. The summed E-state index contributed by atoms with van der Waals surface area (Å²) in [5.41, 5.74) is 7.23. The van der Waals surface area contributed by atoms with Crippen LogP contribution in [0.5, 0.6) is 0 Å². The van der Waals surface area contributed by atoms with Crippen LogP contribution in [0.4, 0.5) is 0 Å². The van der Waals surface area contributed by atoms with Gasteiger partial charge in [0.05, 0.1) is 18.1 Å². The zero-order valence-corrected chi connectivity index (χ0v) is 8.20. The SMILES string of the molecule is Cn1cncc1C(N)C(C)(C)C. The third kappa shape index (κ3) is 1.67. The molecule has 0 radical (unpaired) electrons. The van der Waals surface area contributed by atoms with Gasteiger partial charge >= 0.3 is 0 Å². The van der Waals surface area contributed by atoms with Crippen LogP contribution in [0, 0.1) is 5.41 Å². The summed E-state index contributed by atoms with van der Waals surface area (Å²) in [5.74, 6) is 0. The number of rotatable bonds is 1. The Hall–Kier alpha value is -0.830. The Labute approximate surface area is 73.6 Å². The van der Waals surface area contributed by atoms with E-state index < -0.39 is 0 Å². The Morgan fingerprint density at radius 2 is 2.08 bits per heavy atom. The van der Waals surface area contributed by atoms with Gasteiger partial charge in [0.2, 0.25) is 0 Å². The van der Waals surface area contributed by atoms with Gasteiger partial charge in [-0.2, -0.15) is 0 Å². The third-order valence-corrected chi connectivity index (χ3v) is 2.11. The molecule has 0 spiro atoms. The van der Waals surface area contributed by atoms with Gasteiger partial charge in [-0.25, -0.2) is 4.98 Å². The number of aryl methyl sites for hydroxylation is 1. The number of nitrogens with two attached hydrogens (primary N) is 1. The van der Waals surface area contributed by atoms with Crippen molar-refractivity contribution < 1.29 is 0 Å². The van der Waals surface area contributed by atoms with Crippen LogP contribution in [-0.4, -0.2) is 9.55 Å². The first kappa shape index (κ1) is 9.26. The summed E-state index contributed by atoms with van der Waals surface area (Å²) in [4.78, 5) is 4.04. The van der Waals surface area contributed by atoms with Crippen LogP contribution in [0.3, 0.4) is 0 Å². The first-order valence-electron chi connectivity index (χ1n) is 4.14. The molecule has 0 fully saturated rings. The zero-order chi connectivity index (χ0) is 9.35. The van der Waals surface area contributed by atoms with Gasteiger partial charge < -0.3 is 10.3 Å². The second-order valence-electron chi connectivity index (χ2n) is 4.27. The van der Waals surface area contributed by atoms with Gasteiger partial charge in [-0.05, 0) is 5.41 Å². The molecule has 1 atom stereocenters. The van der Waals surface area contributed by atoms with Crippen LogP contribution in [0.25, 0.3) is 0 Å². The molecular formula is C9H17N3. The standard InChI is InChI=1S/C9H17N3/c1-9(2,3)8(10)7-5-11-6-12(7)4/h5-6,8H,10H2,1-4H3. The van der Waals surface area contributed by atoms with E-state index in [1.165, 1.54) is 0 Å². The van der Waals surface area contributed by atoms with Crippen molar-refractivity contribution >= 4 is 0 Å². The monoisotopic (exact) mass is 167 g/mol. The molecule has 1 heterocycles. The Kier molecular flexibility index (Phi) is 2.24. The molecule has 1 aromatic heterocycles. The Balaban J connectivity index is 2.92.